The summed E-state index contributed by atoms with van der Waals surface area (Å²) < 4.78 is 0. The number of fused-ring (bicyclic) bond motifs is 3. The van der Waals surface area contributed by atoms with Gasteiger partial charge in [0.2, 0.25) is 0 Å². The fourth-order valence-electron chi connectivity index (χ4n) is 5.12. The van der Waals surface area contributed by atoms with Crippen LogP contribution < -0.4 is 4.90 Å². The molecule has 1 aliphatic heterocycles. The molecule has 210 valence electrons. The molecule has 0 atom stereocenters. The minimum atomic E-state index is -0.562. The van der Waals surface area contributed by atoms with Crippen LogP contribution in [-0.2, 0) is 4.79 Å². The van der Waals surface area contributed by atoms with E-state index in [2.05, 4.69) is 6.07 Å². The molecule has 0 fully saturated rings. The number of hydrogen-bond acceptors (Lipinski definition) is 6. The lowest BCUT2D eigenvalue weighted by molar-refractivity contribution is -0.114. The fourth-order valence-corrected chi connectivity index (χ4v) is 6.30. The maximum Gasteiger partial charge on any atom is 0.266 e. The second-order valence-electron chi connectivity index (χ2n) is 9.77. The monoisotopic (exact) mass is 641 g/mol. The van der Waals surface area contributed by atoms with Gasteiger partial charge in [-0.15, -0.1) is 0 Å². The first-order chi connectivity index (χ1) is 20.7. The summed E-state index contributed by atoms with van der Waals surface area (Å²) >= 11 is 19.6. The Morgan fingerprint density at radius 1 is 0.814 bits per heavy atom. The zero-order valence-electron chi connectivity index (χ0n) is 22.3. The molecule has 0 unspecified atom stereocenters. The Kier molecular flexibility index (Phi) is 7.72. The number of aromatic nitrogens is 1. The van der Waals surface area contributed by atoms with Crippen molar-refractivity contribution < 1.29 is 14.4 Å². The predicted molar refractivity (Wildman–Crippen MR) is 171 cm³/mol. The van der Waals surface area contributed by atoms with Gasteiger partial charge < -0.3 is 0 Å². The molecule has 5 aromatic rings. The molecule has 0 aliphatic carbocycles. The van der Waals surface area contributed by atoms with Crippen molar-refractivity contribution >= 4 is 80.8 Å². The Labute approximate surface area is 265 Å². The van der Waals surface area contributed by atoms with Gasteiger partial charge in [-0.25, -0.2) is 9.88 Å². The van der Waals surface area contributed by atoms with E-state index in [1.165, 1.54) is 6.92 Å². The van der Waals surface area contributed by atoms with Crippen LogP contribution in [0.4, 0.5) is 5.69 Å². The third kappa shape index (κ3) is 5.17. The van der Waals surface area contributed by atoms with Crippen LogP contribution in [0.5, 0.6) is 0 Å². The van der Waals surface area contributed by atoms with Crippen molar-refractivity contribution in [1.29, 1.82) is 5.26 Å². The normalized spacial score (nSPS) is 12.5. The van der Waals surface area contributed by atoms with Crippen LogP contribution in [0.25, 0.3) is 33.2 Å². The number of halogens is 3. The van der Waals surface area contributed by atoms with E-state index in [1.807, 2.05) is 0 Å². The summed E-state index contributed by atoms with van der Waals surface area (Å²) in [5.41, 5.74) is 3.39. The molecule has 0 saturated carbocycles. The molecule has 0 bridgehead atoms. The van der Waals surface area contributed by atoms with Crippen molar-refractivity contribution in [2.75, 3.05) is 10.7 Å². The highest BCUT2D eigenvalue weighted by molar-refractivity contribution is 8.00. The molecule has 1 aliphatic rings. The number of carbonyl (C=O) groups is 3. The van der Waals surface area contributed by atoms with Gasteiger partial charge in [0.15, 0.2) is 0 Å². The average Bonchev–Trinajstić information content (AvgIpc) is 3.26. The number of carbonyl (C=O) groups excluding carboxylic acids is 3. The van der Waals surface area contributed by atoms with Crippen LogP contribution in [0, 0.1) is 11.3 Å². The van der Waals surface area contributed by atoms with Gasteiger partial charge in [0, 0.05) is 26.0 Å². The van der Waals surface area contributed by atoms with Crippen LogP contribution >= 0.6 is 46.6 Å². The summed E-state index contributed by atoms with van der Waals surface area (Å²) in [6, 6.07) is 24.2. The molecule has 2 heterocycles. The molecule has 1 aromatic heterocycles. The van der Waals surface area contributed by atoms with Crippen LogP contribution in [0.1, 0.15) is 33.2 Å². The van der Waals surface area contributed by atoms with Gasteiger partial charge >= 0.3 is 0 Å². The number of imide groups is 1. The number of rotatable bonds is 6. The van der Waals surface area contributed by atoms with E-state index in [4.69, 9.17) is 39.8 Å². The zero-order valence-corrected chi connectivity index (χ0v) is 25.4. The topological polar surface area (TPSA) is 91.1 Å². The molecule has 0 saturated heterocycles. The van der Waals surface area contributed by atoms with Gasteiger partial charge in [-0.2, -0.15) is 5.26 Å². The number of ketones is 1. The third-order valence-electron chi connectivity index (χ3n) is 6.97. The average molecular weight is 643 g/mol. The number of anilines is 1. The van der Waals surface area contributed by atoms with Crippen LogP contribution in [0.3, 0.4) is 0 Å². The molecule has 6 rings (SSSR count). The number of nitrogens with zero attached hydrogens (tertiary/aromatic N) is 3. The zero-order chi connectivity index (χ0) is 30.4. The molecule has 6 nitrogen and oxygen atoms in total. The summed E-state index contributed by atoms with van der Waals surface area (Å²) in [4.78, 5) is 46.4. The van der Waals surface area contributed by atoms with Crippen molar-refractivity contribution in [2.45, 2.75) is 11.9 Å². The second-order valence-corrected chi connectivity index (χ2v) is 12.0. The van der Waals surface area contributed by atoms with Gasteiger partial charge in [0.1, 0.15) is 16.9 Å². The number of nitriles is 1. The van der Waals surface area contributed by atoms with E-state index >= 15 is 0 Å². The van der Waals surface area contributed by atoms with Crippen LogP contribution in [0.15, 0.2) is 83.9 Å². The van der Waals surface area contributed by atoms with Crippen molar-refractivity contribution in [3.63, 3.8) is 0 Å². The van der Waals surface area contributed by atoms with Crippen LogP contribution in [0.2, 0.25) is 15.1 Å². The summed E-state index contributed by atoms with van der Waals surface area (Å²) in [5.74, 6) is -1.07. The predicted octanol–water partition coefficient (Wildman–Crippen LogP) is 8.88. The fraction of sp³-hybridized carbons (Fsp3) is 0.0606. The lowest BCUT2D eigenvalue weighted by Gasteiger charge is -2.17. The second kappa shape index (κ2) is 11.5. The van der Waals surface area contributed by atoms with Gasteiger partial charge in [-0.1, -0.05) is 70.8 Å². The molecule has 43 heavy (non-hydrogen) atoms. The Bertz CT molecular complexity index is 2020. The number of hydrogen-bond donors (Lipinski definition) is 0. The first kappa shape index (κ1) is 28.9. The maximum atomic E-state index is 14.4. The summed E-state index contributed by atoms with van der Waals surface area (Å²) in [6.07, 6.45) is 0. The van der Waals surface area contributed by atoms with E-state index in [1.54, 1.807) is 78.9 Å². The van der Waals surface area contributed by atoms with Crippen LogP contribution in [-0.4, -0.2) is 28.3 Å². The summed E-state index contributed by atoms with van der Waals surface area (Å²) in [6.45, 7) is 1.46. The van der Waals surface area contributed by atoms with E-state index in [-0.39, 0.29) is 28.2 Å². The quantitative estimate of drug-likeness (QED) is 0.136. The minimum Gasteiger partial charge on any atom is -0.299 e. The lowest BCUT2D eigenvalue weighted by Crippen LogP contribution is -2.29. The first-order valence-corrected chi connectivity index (χ1v) is 15.0. The molecule has 0 N–H and O–H groups in total. The van der Waals surface area contributed by atoms with Crippen molar-refractivity contribution in [2.24, 2.45) is 0 Å². The largest absolute Gasteiger partial charge is 0.299 e. The molecular formula is C33H18Cl3N3O3S. The Morgan fingerprint density at radius 2 is 1.35 bits per heavy atom. The smallest absolute Gasteiger partial charge is 0.266 e. The number of thioether (sulfide) groups is 1. The molecule has 2 amide bonds. The van der Waals surface area contributed by atoms with Gasteiger partial charge in [0.05, 0.1) is 33.6 Å². The molecule has 10 heteroatoms. The summed E-state index contributed by atoms with van der Waals surface area (Å²) in [7, 11) is 0. The highest BCUT2D eigenvalue weighted by Gasteiger charge is 2.42. The number of pyridine rings is 1. The Hall–Kier alpha value is -4.19. The first-order valence-electron chi connectivity index (χ1n) is 12.9. The highest BCUT2D eigenvalue weighted by Crippen LogP contribution is 2.45. The summed E-state index contributed by atoms with van der Waals surface area (Å²) in [5, 5.41) is 12.6. The Balaban J connectivity index is 1.75. The maximum absolute atomic E-state index is 14.4. The van der Waals surface area contributed by atoms with E-state index in [9.17, 15) is 19.6 Å². The van der Waals surface area contributed by atoms with Gasteiger partial charge in [0.25, 0.3) is 11.8 Å². The highest BCUT2D eigenvalue weighted by atomic mass is 35.5. The van der Waals surface area contributed by atoms with E-state index in [0.29, 0.717) is 58.9 Å². The lowest BCUT2D eigenvalue weighted by atomic mass is 9.88. The third-order valence-corrected chi connectivity index (χ3v) is 8.85. The number of benzene rings is 4. The van der Waals surface area contributed by atoms with Crippen molar-refractivity contribution in [1.82, 2.24) is 4.98 Å². The van der Waals surface area contributed by atoms with Crippen molar-refractivity contribution in [3.05, 3.63) is 111 Å². The standard InChI is InChI=1S/C33H18Cl3N3O3S/c1-17(40)16-43-31-25(15-37)27(19-4-8-21(35)9-5-19)29-26(38-31)14-24(18-2-6-20(34)7-3-18)28-30(29)33(42)39(32(28)41)23-12-10-22(36)11-13-23/h2-14H,16H2,1H3. The molecule has 0 radical (unpaired) electrons. The van der Waals surface area contributed by atoms with E-state index in [0.717, 1.165) is 16.7 Å². The SMILES string of the molecule is CC(=O)CSc1nc2cc(-c3ccc(Cl)cc3)c3c(c2c(-c2ccc(Cl)cc2)c1C#N)C(=O)N(c1ccc(Cl)cc1)C3=O. The molecular weight excluding hydrogens is 625 g/mol. The van der Waals surface area contributed by atoms with Gasteiger partial charge in [-0.3, -0.25) is 14.4 Å². The van der Waals surface area contributed by atoms with Gasteiger partial charge in [-0.05, 0) is 78.2 Å². The molecule has 0 spiro atoms. The number of Topliss-reactive ketones (excluding diaryl/α,β-unsaturated/α-hetero) is 1. The number of amides is 2. The Morgan fingerprint density at radius 3 is 1.91 bits per heavy atom. The minimum absolute atomic E-state index is 0.0842. The van der Waals surface area contributed by atoms with E-state index < -0.39 is 11.8 Å². The van der Waals surface area contributed by atoms with Crippen molar-refractivity contribution in [3.8, 4) is 28.3 Å². The molecule has 4 aromatic carbocycles.